The highest BCUT2D eigenvalue weighted by atomic mass is 32.2. The Balaban J connectivity index is 1.31. The summed E-state index contributed by atoms with van der Waals surface area (Å²) in [5.74, 6) is 1.75. The molecule has 4 fully saturated rings. The van der Waals surface area contributed by atoms with E-state index in [1.807, 2.05) is 11.8 Å². The molecule has 0 spiro atoms. The molecule has 2 bridgehead atoms. The molecular weight excluding hydrogens is 461 g/mol. The van der Waals surface area contributed by atoms with E-state index in [-0.39, 0.29) is 29.5 Å². The van der Waals surface area contributed by atoms with Crippen molar-refractivity contribution in [2.45, 2.75) is 56.0 Å². The molecule has 0 radical (unpaired) electrons. The van der Waals surface area contributed by atoms with E-state index >= 15 is 0 Å². The van der Waals surface area contributed by atoms with Crippen molar-refractivity contribution in [2.24, 2.45) is 23.0 Å². The first-order valence-electron chi connectivity index (χ1n) is 13.2. The molecule has 3 aliphatic carbocycles. The molecule has 0 amide bonds. The van der Waals surface area contributed by atoms with Gasteiger partial charge in [-0.25, -0.2) is 0 Å². The molecule has 0 aromatic heterocycles. The van der Waals surface area contributed by atoms with Gasteiger partial charge in [0.25, 0.3) is 0 Å². The average molecular weight is 498 g/mol. The Bertz CT molecular complexity index is 1090. The van der Waals surface area contributed by atoms with Gasteiger partial charge in [-0.1, -0.05) is 105 Å². The Labute approximate surface area is 220 Å². The zero-order valence-corrected chi connectivity index (χ0v) is 22.3. The lowest BCUT2D eigenvalue weighted by Crippen LogP contribution is -2.65. The van der Waals surface area contributed by atoms with Gasteiger partial charge in [0.1, 0.15) is 0 Å². The van der Waals surface area contributed by atoms with Gasteiger partial charge in [-0.3, -0.25) is 0 Å². The topological polar surface area (TPSA) is 44.5 Å². The van der Waals surface area contributed by atoms with Crippen LogP contribution in [-0.4, -0.2) is 30.5 Å². The first-order chi connectivity index (χ1) is 17.4. The number of hydrogen-bond acceptors (Lipinski definition) is 4. The molecule has 3 saturated carbocycles. The van der Waals surface area contributed by atoms with Crippen LogP contribution in [0.5, 0.6) is 0 Å². The first kappa shape index (κ1) is 24.3. The van der Waals surface area contributed by atoms with E-state index in [9.17, 15) is 0 Å². The molecule has 0 unspecified atom stereocenters. The minimum absolute atomic E-state index is 0.150. The number of benzene rings is 3. The molecular formula is C31H36BNO2S. The van der Waals surface area contributed by atoms with Crippen molar-refractivity contribution in [3.05, 3.63) is 108 Å². The van der Waals surface area contributed by atoms with Crippen LogP contribution in [-0.2, 0) is 14.1 Å². The Morgan fingerprint density at radius 2 is 1.36 bits per heavy atom. The number of hydrogen-bond donors (Lipinski definition) is 1. The SMILES string of the molecule is CC1(C)[C@@H]2C[C@H]3OB([C@@H](N)CSC(c4ccccc4)(c4ccccc4)c4ccccc4)O[C@@]3(C)[C@H]1C2. The van der Waals surface area contributed by atoms with Crippen molar-refractivity contribution in [3.8, 4) is 0 Å². The molecule has 3 nitrogen and oxygen atoms in total. The third-order valence-electron chi connectivity index (χ3n) is 9.35. The van der Waals surface area contributed by atoms with E-state index in [1.54, 1.807) is 0 Å². The lowest BCUT2D eigenvalue weighted by molar-refractivity contribution is -0.199. The van der Waals surface area contributed by atoms with Crippen LogP contribution in [0, 0.1) is 17.3 Å². The largest absolute Gasteiger partial charge is 0.476 e. The maximum Gasteiger partial charge on any atom is 0.476 e. The van der Waals surface area contributed by atoms with Crippen LogP contribution >= 0.6 is 11.8 Å². The maximum absolute atomic E-state index is 6.89. The van der Waals surface area contributed by atoms with Crippen molar-refractivity contribution < 1.29 is 9.31 Å². The zero-order chi connectivity index (χ0) is 25.0. The molecule has 5 atom stereocenters. The Morgan fingerprint density at radius 1 is 0.861 bits per heavy atom. The molecule has 1 saturated heterocycles. The fourth-order valence-corrected chi connectivity index (χ4v) is 8.66. The Hall–Kier alpha value is -2.05. The molecule has 36 heavy (non-hydrogen) atoms. The van der Waals surface area contributed by atoms with Crippen LogP contribution in [0.1, 0.15) is 50.3 Å². The van der Waals surface area contributed by atoms with Gasteiger partial charge in [0.2, 0.25) is 0 Å². The lowest BCUT2D eigenvalue weighted by atomic mass is 9.43. The van der Waals surface area contributed by atoms with Crippen molar-refractivity contribution >= 4 is 18.9 Å². The highest BCUT2D eigenvalue weighted by Gasteiger charge is 2.68. The van der Waals surface area contributed by atoms with Crippen molar-refractivity contribution in [1.82, 2.24) is 0 Å². The zero-order valence-electron chi connectivity index (χ0n) is 21.5. The summed E-state index contributed by atoms with van der Waals surface area (Å²) in [4.78, 5) is 0. The molecule has 7 rings (SSSR count). The Kier molecular flexibility index (Phi) is 6.11. The molecule has 1 aliphatic heterocycles. The van der Waals surface area contributed by atoms with E-state index in [0.29, 0.717) is 17.1 Å². The highest BCUT2D eigenvalue weighted by Crippen LogP contribution is 2.65. The van der Waals surface area contributed by atoms with Crippen LogP contribution in [0.2, 0.25) is 0 Å². The molecule has 1 heterocycles. The second-order valence-electron chi connectivity index (χ2n) is 11.6. The number of thioether (sulfide) groups is 1. The molecule has 3 aromatic carbocycles. The van der Waals surface area contributed by atoms with Gasteiger partial charge in [0, 0.05) is 11.7 Å². The molecule has 2 N–H and O–H groups in total. The summed E-state index contributed by atoms with van der Waals surface area (Å²) in [6.45, 7) is 7.06. The van der Waals surface area contributed by atoms with Gasteiger partial charge in [-0.15, -0.1) is 11.8 Å². The fraction of sp³-hybridized carbons (Fsp3) is 0.419. The monoisotopic (exact) mass is 497 g/mol. The summed E-state index contributed by atoms with van der Waals surface area (Å²) >= 11 is 1.88. The summed E-state index contributed by atoms with van der Waals surface area (Å²) < 4.78 is 12.9. The van der Waals surface area contributed by atoms with Gasteiger partial charge in [0.05, 0.1) is 16.5 Å². The van der Waals surface area contributed by atoms with E-state index in [0.717, 1.165) is 12.3 Å². The number of rotatable bonds is 7. The maximum atomic E-state index is 6.89. The number of nitrogens with two attached hydrogens (primary N) is 1. The Morgan fingerprint density at radius 3 is 1.83 bits per heavy atom. The van der Waals surface area contributed by atoms with E-state index in [4.69, 9.17) is 15.0 Å². The second-order valence-corrected chi connectivity index (χ2v) is 12.8. The highest BCUT2D eigenvalue weighted by molar-refractivity contribution is 8.00. The van der Waals surface area contributed by atoms with Gasteiger partial charge >= 0.3 is 7.12 Å². The third-order valence-corrected chi connectivity index (χ3v) is 11.0. The minimum atomic E-state index is -0.389. The van der Waals surface area contributed by atoms with Crippen LogP contribution in [0.15, 0.2) is 91.0 Å². The quantitative estimate of drug-likeness (QED) is 0.307. The van der Waals surface area contributed by atoms with E-state index in [2.05, 4.69) is 112 Å². The average Bonchev–Trinajstić information content (AvgIpc) is 3.28. The summed E-state index contributed by atoms with van der Waals surface area (Å²) in [6, 6.07) is 32.4. The van der Waals surface area contributed by atoms with E-state index < -0.39 is 0 Å². The summed E-state index contributed by atoms with van der Waals surface area (Å²) in [5.41, 5.74) is 10.7. The van der Waals surface area contributed by atoms with Gasteiger partial charge in [0.15, 0.2) is 0 Å². The summed E-state index contributed by atoms with van der Waals surface area (Å²) in [7, 11) is -0.373. The molecule has 5 heteroatoms. The third kappa shape index (κ3) is 3.70. The van der Waals surface area contributed by atoms with Crippen LogP contribution in [0.4, 0.5) is 0 Å². The standard InChI is InChI=1S/C31H36BNO2S/c1-29(2)25-19-26(29)30(3)27(20-25)34-32(35-30)28(33)21-36-31(22-13-7-4-8-14-22,23-15-9-5-10-16-23)24-17-11-6-12-18-24/h4-18,25-28H,19-21,33H2,1-3H3/t25-,26-,27+,28-,30-/m0/s1. The predicted octanol–water partition coefficient (Wildman–Crippen LogP) is 6.31. The molecule has 4 aliphatic rings. The fourth-order valence-electron chi connectivity index (χ4n) is 7.15. The normalized spacial score (nSPS) is 29.3. The smallest absolute Gasteiger partial charge is 0.404 e. The van der Waals surface area contributed by atoms with Gasteiger partial charge in [-0.2, -0.15) is 0 Å². The lowest BCUT2D eigenvalue weighted by Gasteiger charge is -2.64. The van der Waals surface area contributed by atoms with Crippen molar-refractivity contribution in [1.29, 1.82) is 0 Å². The van der Waals surface area contributed by atoms with Gasteiger partial charge in [-0.05, 0) is 53.7 Å². The van der Waals surface area contributed by atoms with Crippen molar-refractivity contribution in [2.75, 3.05) is 5.75 Å². The van der Waals surface area contributed by atoms with Crippen LogP contribution < -0.4 is 5.73 Å². The van der Waals surface area contributed by atoms with Crippen LogP contribution in [0.25, 0.3) is 0 Å². The van der Waals surface area contributed by atoms with Gasteiger partial charge < -0.3 is 15.0 Å². The molecule has 186 valence electrons. The first-order valence-corrected chi connectivity index (χ1v) is 14.2. The summed E-state index contributed by atoms with van der Waals surface area (Å²) in [6.07, 6.45) is 2.48. The van der Waals surface area contributed by atoms with Crippen molar-refractivity contribution in [3.63, 3.8) is 0 Å². The molecule has 3 aromatic rings. The predicted molar refractivity (Wildman–Crippen MR) is 150 cm³/mol. The van der Waals surface area contributed by atoms with E-state index in [1.165, 1.54) is 23.1 Å². The van der Waals surface area contributed by atoms with Crippen LogP contribution in [0.3, 0.4) is 0 Å². The summed E-state index contributed by atoms with van der Waals surface area (Å²) in [5, 5.41) is 0. The second kappa shape index (κ2) is 9.06. The minimum Gasteiger partial charge on any atom is -0.404 e.